The van der Waals surface area contributed by atoms with E-state index in [0.29, 0.717) is 25.7 Å². The fourth-order valence-electron chi connectivity index (χ4n) is 2.24. The zero-order valence-electron chi connectivity index (χ0n) is 12.9. The van der Waals surface area contributed by atoms with Crippen molar-refractivity contribution in [3.8, 4) is 0 Å². The Labute approximate surface area is 118 Å². The second-order valence-corrected chi connectivity index (χ2v) is 8.57. The fraction of sp³-hybridized carbons (Fsp3) is 1.00. The van der Waals surface area contributed by atoms with Crippen LogP contribution in [0.2, 0.25) is 0 Å². The van der Waals surface area contributed by atoms with Crippen molar-refractivity contribution in [2.75, 3.05) is 38.5 Å². The molecule has 0 bridgehead atoms. The first kappa shape index (κ1) is 16.9. The van der Waals surface area contributed by atoms with Gasteiger partial charge in [0.2, 0.25) is 10.0 Å². The number of rotatable bonds is 5. The van der Waals surface area contributed by atoms with E-state index in [1.54, 1.807) is 4.31 Å². The highest BCUT2D eigenvalue weighted by Crippen LogP contribution is 2.17. The van der Waals surface area contributed by atoms with E-state index in [-0.39, 0.29) is 11.3 Å². The predicted molar refractivity (Wildman–Crippen MR) is 79.8 cm³/mol. The molecule has 0 spiro atoms. The highest BCUT2D eigenvalue weighted by molar-refractivity contribution is 7.89. The van der Waals surface area contributed by atoms with E-state index in [0.717, 1.165) is 13.1 Å². The van der Waals surface area contributed by atoms with Crippen molar-refractivity contribution in [1.82, 2.24) is 14.5 Å². The van der Waals surface area contributed by atoms with Gasteiger partial charge in [0.15, 0.2) is 0 Å². The van der Waals surface area contributed by atoms with Crippen molar-refractivity contribution in [2.45, 2.75) is 46.2 Å². The fourth-order valence-corrected chi connectivity index (χ4v) is 3.60. The molecule has 114 valence electrons. The summed E-state index contributed by atoms with van der Waals surface area (Å²) >= 11 is 0. The summed E-state index contributed by atoms with van der Waals surface area (Å²) in [6.07, 6.45) is 0. The van der Waals surface area contributed by atoms with E-state index < -0.39 is 10.0 Å². The van der Waals surface area contributed by atoms with Gasteiger partial charge in [0, 0.05) is 44.3 Å². The summed E-state index contributed by atoms with van der Waals surface area (Å²) in [6, 6.07) is 0.327. The number of piperazine rings is 1. The topological polar surface area (TPSA) is 52.7 Å². The van der Waals surface area contributed by atoms with E-state index in [4.69, 9.17) is 0 Å². The summed E-state index contributed by atoms with van der Waals surface area (Å²) in [4.78, 5) is 2.34. The van der Waals surface area contributed by atoms with E-state index in [1.807, 2.05) is 13.8 Å². The van der Waals surface area contributed by atoms with E-state index in [1.165, 1.54) is 0 Å². The Kier molecular flexibility index (Phi) is 5.79. The third-order valence-electron chi connectivity index (χ3n) is 3.49. The van der Waals surface area contributed by atoms with Gasteiger partial charge in [0.1, 0.15) is 0 Å². The van der Waals surface area contributed by atoms with Crippen LogP contribution < -0.4 is 5.32 Å². The molecule has 0 atom stereocenters. The largest absolute Gasteiger partial charge is 0.313 e. The molecule has 6 heteroatoms. The molecule has 1 fully saturated rings. The average Bonchev–Trinajstić information content (AvgIpc) is 2.27. The predicted octanol–water partition coefficient (Wildman–Crippen LogP) is 0.730. The van der Waals surface area contributed by atoms with E-state index >= 15 is 0 Å². The quantitative estimate of drug-likeness (QED) is 0.811. The van der Waals surface area contributed by atoms with Crippen LogP contribution in [-0.2, 0) is 10.0 Å². The minimum atomic E-state index is -3.10. The maximum absolute atomic E-state index is 12.2. The van der Waals surface area contributed by atoms with Crippen LogP contribution in [0, 0.1) is 0 Å². The third-order valence-corrected chi connectivity index (χ3v) is 5.37. The number of sulfonamides is 1. The Morgan fingerprint density at radius 1 is 1.11 bits per heavy atom. The minimum Gasteiger partial charge on any atom is -0.313 e. The molecule has 1 heterocycles. The standard InChI is InChI=1S/C13H29N3O2S/c1-12(2)14-6-11-19(17,18)16-9-7-15(8-10-16)13(3,4)5/h12,14H,6-11H2,1-5H3. The maximum Gasteiger partial charge on any atom is 0.215 e. The van der Waals surface area contributed by atoms with Gasteiger partial charge in [-0.05, 0) is 20.8 Å². The molecule has 5 nitrogen and oxygen atoms in total. The lowest BCUT2D eigenvalue weighted by Crippen LogP contribution is -2.55. The first-order valence-corrected chi connectivity index (χ1v) is 8.70. The van der Waals surface area contributed by atoms with Gasteiger partial charge in [-0.1, -0.05) is 13.8 Å². The Morgan fingerprint density at radius 2 is 1.63 bits per heavy atom. The second-order valence-electron chi connectivity index (χ2n) is 6.48. The normalized spacial score (nSPS) is 20.1. The van der Waals surface area contributed by atoms with E-state index in [2.05, 4.69) is 31.0 Å². The van der Waals surface area contributed by atoms with Gasteiger partial charge in [0.05, 0.1) is 5.75 Å². The van der Waals surface area contributed by atoms with Gasteiger partial charge in [-0.25, -0.2) is 8.42 Å². The second kappa shape index (κ2) is 6.52. The molecule has 0 saturated carbocycles. The van der Waals surface area contributed by atoms with Crippen LogP contribution in [0.15, 0.2) is 0 Å². The zero-order valence-corrected chi connectivity index (χ0v) is 13.8. The van der Waals surface area contributed by atoms with Gasteiger partial charge < -0.3 is 5.32 Å². The molecule has 1 N–H and O–H groups in total. The third kappa shape index (κ3) is 5.38. The smallest absolute Gasteiger partial charge is 0.215 e. The van der Waals surface area contributed by atoms with Crippen molar-refractivity contribution in [3.63, 3.8) is 0 Å². The van der Waals surface area contributed by atoms with Crippen LogP contribution >= 0.6 is 0 Å². The molecule has 0 amide bonds. The Morgan fingerprint density at radius 3 is 2.05 bits per heavy atom. The van der Waals surface area contributed by atoms with Crippen LogP contribution in [0.1, 0.15) is 34.6 Å². The summed E-state index contributed by atoms with van der Waals surface area (Å²) in [5.41, 5.74) is 0.120. The molecule has 0 aromatic carbocycles. The van der Waals surface area contributed by atoms with Crippen molar-refractivity contribution >= 4 is 10.0 Å². The first-order chi connectivity index (χ1) is 8.63. The first-order valence-electron chi connectivity index (χ1n) is 7.09. The number of hydrogen-bond donors (Lipinski definition) is 1. The maximum atomic E-state index is 12.2. The van der Waals surface area contributed by atoms with Gasteiger partial charge in [-0.15, -0.1) is 0 Å². The van der Waals surface area contributed by atoms with Crippen molar-refractivity contribution in [1.29, 1.82) is 0 Å². The molecule has 1 aliphatic heterocycles. The minimum absolute atomic E-state index is 0.120. The molecule has 1 rings (SSSR count). The lowest BCUT2D eigenvalue weighted by atomic mass is 10.1. The van der Waals surface area contributed by atoms with Gasteiger partial charge in [0.25, 0.3) is 0 Å². The highest BCUT2D eigenvalue weighted by Gasteiger charge is 2.30. The molecule has 1 saturated heterocycles. The number of nitrogens with one attached hydrogen (secondary N) is 1. The Bertz CT molecular complexity index is 366. The van der Waals surface area contributed by atoms with Crippen LogP contribution in [0.25, 0.3) is 0 Å². The van der Waals surface area contributed by atoms with Gasteiger partial charge in [-0.2, -0.15) is 4.31 Å². The molecule has 19 heavy (non-hydrogen) atoms. The zero-order chi connectivity index (χ0) is 14.7. The summed E-state index contributed by atoms with van der Waals surface area (Å²) in [5.74, 6) is 0.195. The highest BCUT2D eigenvalue weighted by atomic mass is 32.2. The average molecular weight is 291 g/mol. The lowest BCUT2D eigenvalue weighted by Gasteiger charge is -2.41. The number of nitrogens with zero attached hydrogens (tertiary/aromatic N) is 2. The Balaban J connectivity index is 2.45. The van der Waals surface area contributed by atoms with E-state index in [9.17, 15) is 8.42 Å². The van der Waals surface area contributed by atoms with Gasteiger partial charge in [-0.3, -0.25) is 4.90 Å². The van der Waals surface area contributed by atoms with Crippen LogP contribution in [0.5, 0.6) is 0 Å². The van der Waals surface area contributed by atoms with Crippen molar-refractivity contribution < 1.29 is 8.42 Å². The molecular weight excluding hydrogens is 262 g/mol. The van der Waals surface area contributed by atoms with Crippen LogP contribution in [0.4, 0.5) is 0 Å². The van der Waals surface area contributed by atoms with Gasteiger partial charge >= 0.3 is 0 Å². The molecule has 0 aromatic rings. The van der Waals surface area contributed by atoms with Crippen LogP contribution in [0.3, 0.4) is 0 Å². The lowest BCUT2D eigenvalue weighted by molar-refractivity contribution is 0.0922. The summed E-state index contributed by atoms with van der Waals surface area (Å²) < 4.78 is 26.0. The molecule has 1 aliphatic rings. The molecule has 0 radical (unpaired) electrons. The SMILES string of the molecule is CC(C)NCCS(=O)(=O)N1CCN(C(C)(C)C)CC1. The van der Waals surface area contributed by atoms with Crippen molar-refractivity contribution in [3.05, 3.63) is 0 Å². The molecule has 0 aromatic heterocycles. The molecule has 0 unspecified atom stereocenters. The number of hydrogen-bond acceptors (Lipinski definition) is 4. The summed E-state index contributed by atoms with van der Waals surface area (Å²) in [6.45, 7) is 13.9. The molecular formula is C13H29N3O2S. The molecule has 0 aliphatic carbocycles. The van der Waals surface area contributed by atoms with Crippen LogP contribution in [-0.4, -0.2) is 67.7 Å². The van der Waals surface area contributed by atoms with Crippen molar-refractivity contribution in [2.24, 2.45) is 0 Å². The monoisotopic (exact) mass is 291 g/mol. The summed E-state index contributed by atoms with van der Waals surface area (Å²) in [7, 11) is -3.10. The Hall–Kier alpha value is -0.170. The summed E-state index contributed by atoms with van der Waals surface area (Å²) in [5, 5.41) is 3.16.